The van der Waals surface area contributed by atoms with Crippen LogP contribution in [0.5, 0.6) is 5.75 Å². The van der Waals surface area contributed by atoms with Gasteiger partial charge in [0.05, 0.1) is 6.61 Å². The van der Waals surface area contributed by atoms with Gasteiger partial charge in [-0.1, -0.05) is 46.3 Å². The van der Waals surface area contributed by atoms with Gasteiger partial charge in [-0.2, -0.15) is 0 Å². The Kier molecular flexibility index (Phi) is 6.77. The summed E-state index contributed by atoms with van der Waals surface area (Å²) in [6, 6.07) is 18.6. The first-order valence-corrected chi connectivity index (χ1v) is 8.14. The summed E-state index contributed by atoms with van der Waals surface area (Å²) in [6.07, 6.45) is 2.12. The van der Waals surface area contributed by atoms with E-state index in [0.717, 1.165) is 36.2 Å². The van der Waals surface area contributed by atoms with E-state index in [1.165, 1.54) is 5.56 Å². The Morgan fingerprint density at radius 1 is 1.05 bits per heavy atom. The van der Waals surface area contributed by atoms with E-state index >= 15 is 0 Å². The van der Waals surface area contributed by atoms with Gasteiger partial charge in [0, 0.05) is 4.47 Å². The molecule has 1 N–H and O–H groups in total. The van der Waals surface area contributed by atoms with Crippen LogP contribution in [0.25, 0.3) is 0 Å². The molecule has 0 aliphatic heterocycles. The van der Waals surface area contributed by atoms with Gasteiger partial charge in [-0.3, -0.25) is 0 Å². The van der Waals surface area contributed by atoms with Crippen molar-refractivity contribution in [1.29, 1.82) is 0 Å². The van der Waals surface area contributed by atoms with E-state index < -0.39 is 0 Å². The zero-order valence-electron chi connectivity index (χ0n) is 12.4. The molecule has 2 aromatic carbocycles. The van der Waals surface area contributed by atoms with E-state index in [2.05, 4.69) is 45.5 Å². The SMILES string of the molecule is CNCC(CCOc1ccccc1)Cc1ccc(Br)cc1. The third-order valence-electron chi connectivity index (χ3n) is 3.47. The smallest absolute Gasteiger partial charge is 0.119 e. The number of halogens is 1. The summed E-state index contributed by atoms with van der Waals surface area (Å²) < 4.78 is 6.93. The monoisotopic (exact) mass is 347 g/mol. The summed E-state index contributed by atoms with van der Waals surface area (Å²) in [5.41, 5.74) is 1.37. The minimum Gasteiger partial charge on any atom is -0.494 e. The molecule has 0 fully saturated rings. The third-order valence-corrected chi connectivity index (χ3v) is 4.00. The van der Waals surface area contributed by atoms with Crippen molar-refractivity contribution in [3.63, 3.8) is 0 Å². The van der Waals surface area contributed by atoms with Crippen molar-refractivity contribution in [1.82, 2.24) is 5.32 Å². The normalized spacial score (nSPS) is 12.1. The number of para-hydroxylation sites is 1. The zero-order chi connectivity index (χ0) is 14.9. The van der Waals surface area contributed by atoms with Crippen LogP contribution in [0.1, 0.15) is 12.0 Å². The summed E-state index contributed by atoms with van der Waals surface area (Å²) in [5, 5.41) is 3.28. The van der Waals surface area contributed by atoms with Gasteiger partial charge in [-0.25, -0.2) is 0 Å². The van der Waals surface area contributed by atoms with Crippen LogP contribution in [0.15, 0.2) is 59.1 Å². The van der Waals surface area contributed by atoms with E-state index in [1.54, 1.807) is 0 Å². The molecule has 21 heavy (non-hydrogen) atoms. The van der Waals surface area contributed by atoms with Crippen LogP contribution in [0, 0.1) is 5.92 Å². The van der Waals surface area contributed by atoms with Crippen LogP contribution >= 0.6 is 15.9 Å². The minimum absolute atomic E-state index is 0.583. The van der Waals surface area contributed by atoms with Gasteiger partial charge in [0.1, 0.15) is 5.75 Å². The maximum absolute atomic E-state index is 5.80. The predicted molar refractivity (Wildman–Crippen MR) is 91.8 cm³/mol. The van der Waals surface area contributed by atoms with Crippen LogP contribution in [0.4, 0.5) is 0 Å². The van der Waals surface area contributed by atoms with Gasteiger partial charge in [0.2, 0.25) is 0 Å². The molecule has 0 radical (unpaired) electrons. The number of rotatable bonds is 8. The van der Waals surface area contributed by atoms with Crippen LogP contribution in [-0.4, -0.2) is 20.2 Å². The Bertz CT molecular complexity index is 513. The quantitative estimate of drug-likeness (QED) is 0.768. The number of hydrogen-bond acceptors (Lipinski definition) is 2. The topological polar surface area (TPSA) is 21.3 Å². The fraction of sp³-hybridized carbons (Fsp3) is 0.333. The number of nitrogens with one attached hydrogen (secondary N) is 1. The second-order valence-electron chi connectivity index (χ2n) is 5.20. The standard InChI is InChI=1S/C18H22BrNO/c1-20-14-16(13-15-7-9-17(19)10-8-15)11-12-21-18-5-3-2-4-6-18/h2-10,16,20H,11-14H2,1H3. The summed E-state index contributed by atoms with van der Waals surface area (Å²) in [4.78, 5) is 0. The van der Waals surface area contributed by atoms with Crippen molar-refractivity contribution in [2.75, 3.05) is 20.2 Å². The molecular weight excluding hydrogens is 326 g/mol. The first-order chi connectivity index (χ1) is 10.3. The van der Waals surface area contributed by atoms with Crippen LogP contribution in [-0.2, 0) is 6.42 Å². The average molecular weight is 348 g/mol. The van der Waals surface area contributed by atoms with Gasteiger partial charge in [-0.15, -0.1) is 0 Å². The lowest BCUT2D eigenvalue weighted by Crippen LogP contribution is -2.22. The second-order valence-corrected chi connectivity index (χ2v) is 6.12. The molecule has 0 bridgehead atoms. The fourth-order valence-electron chi connectivity index (χ4n) is 2.38. The van der Waals surface area contributed by atoms with E-state index in [9.17, 15) is 0 Å². The Morgan fingerprint density at radius 3 is 2.43 bits per heavy atom. The van der Waals surface area contributed by atoms with Gasteiger partial charge >= 0.3 is 0 Å². The highest BCUT2D eigenvalue weighted by molar-refractivity contribution is 9.10. The molecule has 0 amide bonds. The van der Waals surface area contributed by atoms with E-state index in [4.69, 9.17) is 4.74 Å². The van der Waals surface area contributed by atoms with Crippen molar-refractivity contribution in [3.8, 4) is 5.75 Å². The van der Waals surface area contributed by atoms with Crippen molar-refractivity contribution < 1.29 is 4.74 Å². The maximum atomic E-state index is 5.80. The highest BCUT2D eigenvalue weighted by Crippen LogP contribution is 2.16. The van der Waals surface area contributed by atoms with Gasteiger partial charge < -0.3 is 10.1 Å². The fourth-order valence-corrected chi connectivity index (χ4v) is 2.64. The predicted octanol–water partition coefficient (Wildman–Crippen LogP) is 4.30. The molecule has 0 aromatic heterocycles. The first kappa shape index (κ1) is 16.1. The van der Waals surface area contributed by atoms with Crippen LogP contribution in [0.2, 0.25) is 0 Å². The number of hydrogen-bond donors (Lipinski definition) is 1. The molecule has 0 spiro atoms. The number of benzene rings is 2. The molecule has 1 atom stereocenters. The molecule has 3 heteroatoms. The molecule has 0 aliphatic rings. The average Bonchev–Trinajstić information content (AvgIpc) is 2.51. The number of ether oxygens (including phenoxy) is 1. The van der Waals surface area contributed by atoms with Crippen molar-refractivity contribution in [2.24, 2.45) is 5.92 Å². The Morgan fingerprint density at radius 2 is 1.76 bits per heavy atom. The zero-order valence-corrected chi connectivity index (χ0v) is 14.0. The van der Waals surface area contributed by atoms with Gasteiger partial charge in [0.25, 0.3) is 0 Å². The molecule has 1 unspecified atom stereocenters. The molecule has 2 nitrogen and oxygen atoms in total. The van der Waals surface area contributed by atoms with Gasteiger partial charge in [0.15, 0.2) is 0 Å². The van der Waals surface area contributed by atoms with Crippen molar-refractivity contribution in [3.05, 3.63) is 64.6 Å². The highest BCUT2D eigenvalue weighted by Gasteiger charge is 2.09. The molecule has 0 saturated heterocycles. The molecule has 112 valence electrons. The maximum Gasteiger partial charge on any atom is 0.119 e. The highest BCUT2D eigenvalue weighted by atomic mass is 79.9. The van der Waals surface area contributed by atoms with E-state index in [0.29, 0.717) is 5.92 Å². The van der Waals surface area contributed by atoms with E-state index in [1.807, 2.05) is 37.4 Å². The molecular formula is C18H22BrNO. The lowest BCUT2D eigenvalue weighted by Gasteiger charge is -2.17. The summed E-state index contributed by atoms with van der Waals surface area (Å²) in [6.45, 7) is 1.76. The molecule has 2 aromatic rings. The summed E-state index contributed by atoms with van der Waals surface area (Å²) in [5.74, 6) is 1.53. The van der Waals surface area contributed by atoms with Gasteiger partial charge in [-0.05, 0) is 62.2 Å². The Hall–Kier alpha value is -1.32. The lowest BCUT2D eigenvalue weighted by atomic mass is 9.96. The Labute approximate surface area is 135 Å². The van der Waals surface area contributed by atoms with Crippen LogP contribution in [0.3, 0.4) is 0 Å². The summed E-state index contributed by atoms with van der Waals surface area (Å²) in [7, 11) is 2.01. The van der Waals surface area contributed by atoms with E-state index in [-0.39, 0.29) is 0 Å². The lowest BCUT2D eigenvalue weighted by molar-refractivity contribution is 0.275. The molecule has 2 rings (SSSR count). The van der Waals surface area contributed by atoms with Crippen LogP contribution < -0.4 is 10.1 Å². The molecule has 0 aliphatic carbocycles. The molecule has 0 saturated carbocycles. The third kappa shape index (κ3) is 5.90. The minimum atomic E-state index is 0.583. The van der Waals surface area contributed by atoms with Crippen molar-refractivity contribution in [2.45, 2.75) is 12.8 Å². The second kappa shape index (κ2) is 8.85. The van der Waals surface area contributed by atoms with Crippen molar-refractivity contribution >= 4 is 15.9 Å². The Balaban J connectivity index is 1.82. The molecule has 0 heterocycles. The summed E-state index contributed by atoms with van der Waals surface area (Å²) >= 11 is 3.48. The largest absolute Gasteiger partial charge is 0.494 e. The first-order valence-electron chi connectivity index (χ1n) is 7.35.